The molecule has 0 N–H and O–H groups in total. The minimum Gasteiger partial charge on any atom is -0.203 e. The molecule has 0 spiro atoms. The van der Waals surface area contributed by atoms with E-state index < -0.39 is 0 Å². The Morgan fingerprint density at radius 1 is 1.14 bits per heavy atom. The molecule has 1 aromatic rings. The van der Waals surface area contributed by atoms with Crippen molar-refractivity contribution in [2.45, 2.75) is 47.1 Å². The molecule has 0 amide bonds. The van der Waals surface area contributed by atoms with Crippen LogP contribution in [0.3, 0.4) is 0 Å². The molecule has 0 fully saturated rings. The molecule has 1 aromatic heterocycles. The van der Waals surface area contributed by atoms with Crippen LogP contribution in [0.4, 0.5) is 0 Å². The Balaban J connectivity index is 2.74. The molecule has 0 aromatic carbocycles. The molecular weight excluding hydrogens is 170 g/mol. The van der Waals surface area contributed by atoms with E-state index >= 15 is 0 Å². The lowest BCUT2D eigenvalue weighted by Crippen LogP contribution is -2.35. The Morgan fingerprint density at radius 3 is 2.00 bits per heavy atom. The molecule has 0 atom stereocenters. The van der Waals surface area contributed by atoms with Gasteiger partial charge in [0.05, 0.1) is 0 Å². The van der Waals surface area contributed by atoms with Crippen LogP contribution in [0.1, 0.15) is 46.2 Å². The molecule has 0 aliphatic rings. The second-order valence-corrected chi connectivity index (χ2v) is 5.48. The van der Waals surface area contributed by atoms with Crippen LogP contribution >= 0.6 is 0 Å². The monoisotopic (exact) mass is 192 g/mol. The zero-order valence-corrected chi connectivity index (χ0v) is 10.0. The summed E-state index contributed by atoms with van der Waals surface area (Å²) in [5.74, 6) is 0. The summed E-state index contributed by atoms with van der Waals surface area (Å²) in [7, 11) is 0. The highest BCUT2D eigenvalue weighted by Gasteiger charge is 2.12. The van der Waals surface area contributed by atoms with Gasteiger partial charge in [0.25, 0.3) is 0 Å². The summed E-state index contributed by atoms with van der Waals surface area (Å²) in [6.07, 6.45) is 5.49. The van der Waals surface area contributed by atoms with Crippen LogP contribution in [0, 0.1) is 5.41 Å². The summed E-state index contributed by atoms with van der Waals surface area (Å²) in [6, 6.07) is 5.01. The van der Waals surface area contributed by atoms with Gasteiger partial charge >= 0.3 is 0 Å². The maximum absolute atomic E-state index is 2.27. The second kappa shape index (κ2) is 4.12. The van der Waals surface area contributed by atoms with Gasteiger partial charge in [0.15, 0.2) is 18.4 Å². The normalized spacial score (nSPS) is 12.1. The highest BCUT2D eigenvalue weighted by molar-refractivity contribution is 5.09. The van der Waals surface area contributed by atoms with Gasteiger partial charge in [-0.1, -0.05) is 20.8 Å². The Morgan fingerprint density at radius 2 is 1.64 bits per heavy atom. The highest BCUT2D eigenvalue weighted by atomic mass is 15.0. The molecule has 1 rings (SSSR count). The first-order chi connectivity index (χ1) is 6.38. The first-order valence-corrected chi connectivity index (χ1v) is 5.38. The molecule has 78 valence electrons. The summed E-state index contributed by atoms with van der Waals surface area (Å²) < 4.78 is 2.23. The summed E-state index contributed by atoms with van der Waals surface area (Å²) in [5.41, 5.74) is 1.80. The van der Waals surface area contributed by atoms with Crippen LogP contribution in [0.2, 0.25) is 0 Å². The number of aromatic nitrogens is 1. The van der Waals surface area contributed by atoms with Gasteiger partial charge in [-0.3, -0.25) is 0 Å². The standard InChI is InChI=1S/C13H22N/c1-11(2)14-8-6-12(7-9-14)10-13(3,4)5/h6-9,11H,10H2,1-5H3/q+1. The van der Waals surface area contributed by atoms with Crippen molar-refractivity contribution in [3.8, 4) is 0 Å². The van der Waals surface area contributed by atoms with Gasteiger partial charge in [-0.05, 0) is 31.2 Å². The number of pyridine rings is 1. The van der Waals surface area contributed by atoms with E-state index in [0.29, 0.717) is 11.5 Å². The topological polar surface area (TPSA) is 3.88 Å². The third-order valence-electron chi connectivity index (χ3n) is 2.25. The van der Waals surface area contributed by atoms with Gasteiger partial charge in [-0.15, -0.1) is 0 Å². The van der Waals surface area contributed by atoms with Gasteiger partial charge in [0.1, 0.15) is 0 Å². The quantitative estimate of drug-likeness (QED) is 0.634. The van der Waals surface area contributed by atoms with Crippen LogP contribution < -0.4 is 4.57 Å². The number of nitrogens with zero attached hydrogens (tertiary/aromatic N) is 1. The van der Waals surface area contributed by atoms with Crippen molar-refractivity contribution in [3.05, 3.63) is 30.1 Å². The summed E-state index contributed by atoms with van der Waals surface area (Å²) in [4.78, 5) is 0. The van der Waals surface area contributed by atoms with Gasteiger partial charge in [0, 0.05) is 12.1 Å². The molecule has 0 unspecified atom stereocenters. The molecular formula is C13H22N+. The average molecular weight is 192 g/mol. The van der Waals surface area contributed by atoms with E-state index in [2.05, 4.69) is 63.7 Å². The Hall–Kier alpha value is -0.850. The summed E-state index contributed by atoms with van der Waals surface area (Å²) in [5, 5.41) is 0. The molecule has 1 heterocycles. The first-order valence-electron chi connectivity index (χ1n) is 5.38. The largest absolute Gasteiger partial charge is 0.203 e. The van der Waals surface area contributed by atoms with Crippen LogP contribution in [0.5, 0.6) is 0 Å². The SMILES string of the molecule is CC(C)[n+]1ccc(CC(C)(C)C)cc1. The fourth-order valence-electron chi connectivity index (χ4n) is 1.54. The lowest BCUT2D eigenvalue weighted by molar-refractivity contribution is -0.716. The lowest BCUT2D eigenvalue weighted by atomic mass is 9.88. The van der Waals surface area contributed by atoms with E-state index in [1.54, 1.807) is 0 Å². The van der Waals surface area contributed by atoms with E-state index in [1.165, 1.54) is 5.56 Å². The lowest BCUT2D eigenvalue weighted by Gasteiger charge is -2.17. The highest BCUT2D eigenvalue weighted by Crippen LogP contribution is 2.19. The molecule has 14 heavy (non-hydrogen) atoms. The third-order valence-corrected chi connectivity index (χ3v) is 2.25. The molecule has 0 radical (unpaired) electrons. The van der Waals surface area contributed by atoms with E-state index in [-0.39, 0.29) is 0 Å². The molecule has 1 heteroatoms. The Bertz CT molecular complexity index is 277. The van der Waals surface area contributed by atoms with E-state index in [9.17, 15) is 0 Å². The third kappa shape index (κ3) is 3.49. The zero-order chi connectivity index (χ0) is 10.8. The maximum atomic E-state index is 2.27. The molecule has 0 bridgehead atoms. The second-order valence-electron chi connectivity index (χ2n) is 5.48. The fourth-order valence-corrected chi connectivity index (χ4v) is 1.54. The van der Waals surface area contributed by atoms with Crippen molar-refractivity contribution in [2.24, 2.45) is 5.41 Å². The van der Waals surface area contributed by atoms with Gasteiger partial charge in [-0.2, -0.15) is 0 Å². The van der Waals surface area contributed by atoms with Crippen LogP contribution in [-0.4, -0.2) is 0 Å². The molecule has 0 aliphatic heterocycles. The van der Waals surface area contributed by atoms with Crippen molar-refractivity contribution < 1.29 is 4.57 Å². The van der Waals surface area contributed by atoms with E-state index in [1.807, 2.05) is 0 Å². The smallest absolute Gasteiger partial charge is 0.169 e. The van der Waals surface area contributed by atoms with E-state index in [4.69, 9.17) is 0 Å². The first kappa shape index (κ1) is 11.2. The minimum absolute atomic E-state index is 0.379. The van der Waals surface area contributed by atoms with Gasteiger partial charge in [0.2, 0.25) is 0 Å². The fraction of sp³-hybridized carbons (Fsp3) is 0.615. The molecule has 0 aliphatic carbocycles. The number of hydrogen-bond donors (Lipinski definition) is 0. The predicted molar refractivity (Wildman–Crippen MR) is 60.2 cm³/mol. The summed E-state index contributed by atoms with van der Waals surface area (Å²) in [6.45, 7) is 11.2. The van der Waals surface area contributed by atoms with Crippen molar-refractivity contribution in [3.63, 3.8) is 0 Å². The minimum atomic E-state index is 0.379. The van der Waals surface area contributed by atoms with Crippen LogP contribution in [-0.2, 0) is 6.42 Å². The van der Waals surface area contributed by atoms with Crippen LogP contribution in [0.25, 0.3) is 0 Å². The number of hydrogen-bond acceptors (Lipinski definition) is 0. The summed E-state index contributed by atoms with van der Waals surface area (Å²) >= 11 is 0. The zero-order valence-electron chi connectivity index (χ0n) is 10.0. The Labute approximate surface area is 87.8 Å². The van der Waals surface area contributed by atoms with Crippen molar-refractivity contribution >= 4 is 0 Å². The van der Waals surface area contributed by atoms with Gasteiger partial charge < -0.3 is 0 Å². The molecule has 0 saturated carbocycles. The molecule has 1 nitrogen and oxygen atoms in total. The van der Waals surface area contributed by atoms with Crippen LogP contribution in [0.15, 0.2) is 24.5 Å². The van der Waals surface area contributed by atoms with Gasteiger partial charge in [-0.25, -0.2) is 4.57 Å². The predicted octanol–water partition coefficient (Wildman–Crippen LogP) is 3.14. The maximum Gasteiger partial charge on any atom is 0.169 e. The van der Waals surface area contributed by atoms with Crippen molar-refractivity contribution in [1.82, 2.24) is 0 Å². The van der Waals surface area contributed by atoms with Crippen molar-refractivity contribution in [1.29, 1.82) is 0 Å². The number of rotatable bonds is 2. The molecule has 0 saturated heterocycles. The van der Waals surface area contributed by atoms with E-state index in [0.717, 1.165) is 6.42 Å². The Kier molecular flexibility index (Phi) is 3.30. The average Bonchev–Trinajstić information content (AvgIpc) is 2.02. The van der Waals surface area contributed by atoms with Crippen molar-refractivity contribution in [2.75, 3.05) is 0 Å².